The van der Waals surface area contributed by atoms with Gasteiger partial charge in [-0.2, -0.15) is 0 Å². The fourth-order valence-corrected chi connectivity index (χ4v) is 2.11. The highest BCUT2D eigenvalue weighted by atomic mass is 16.2. The van der Waals surface area contributed by atoms with Crippen molar-refractivity contribution in [3.05, 3.63) is 0 Å². The summed E-state index contributed by atoms with van der Waals surface area (Å²) in [6.07, 6.45) is 4.30. The van der Waals surface area contributed by atoms with Crippen LogP contribution in [0.2, 0.25) is 0 Å². The predicted octanol–water partition coefficient (Wildman–Crippen LogP) is 2.30. The summed E-state index contributed by atoms with van der Waals surface area (Å²) < 4.78 is 0. The van der Waals surface area contributed by atoms with E-state index in [1.807, 2.05) is 0 Å². The first-order valence-corrected chi connectivity index (χ1v) is 6.57. The van der Waals surface area contributed by atoms with Gasteiger partial charge in [0.25, 0.3) is 0 Å². The van der Waals surface area contributed by atoms with Crippen molar-refractivity contribution in [3.63, 3.8) is 0 Å². The van der Waals surface area contributed by atoms with Gasteiger partial charge in [0, 0.05) is 12.6 Å². The van der Waals surface area contributed by atoms with Gasteiger partial charge < -0.3 is 11.1 Å². The van der Waals surface area contributed by atoms with Gasteiger partial charge in [0.05, 0.1) is 5.92 Å². The molecule has 0 heterocycles. The number of amides is 1. The average molecular weight is 228 g/mol. The second-order valence-corrected chi connectivity index (χ2v) is 4.81. The molecule has 0 aromatic heterocycles. The summed E-state index contributed by atoms with van der Waals surface area (Å²) in [5.41, 5.74) is 5.69. The van der Waals surface area contributed by atoms with E-state index in [0.29, 0.717) is 12.5 Å². The Morgan fingerprint density at radius 1 is 1.19 bits per heavy atom. The number of carbonyl (C=O) groups excluding carboxylic acids is 1. The zero-order chi connectivity index (χ0) is 12.6. The van der Waals surface area contributed by atoms with Crippen LogP contribution >= 0.6 is 0 Å². The van der Waals surface area contributed by atoms with Crippen molar-refractivity contribution in [3.8, 4) is 0 Å². The molecular formula is C13H28N2O. The lowest BCUT2D eigenvalue weighted by Crippen LogP contribution is -2.42. The lowest BCUT2D eigenvalue weighted by atomic mass is 9.89. The van der Waals surface area contributed by atoms with Gasteiger partial charge >= 0.3 is 0 Å². The molecule has 3 heteroatoms. The molecule has 0 aliphatic carbocycles. The Morgan fingerprint density at radius 2 is 1.75 bits per heavy atom. The number of hydrogen-bond donors (Lipinski definition) is 2. The summed E-state index contributed by atoms with van der Waals surface area (Å²) >= 11 is 0. The second-order valence-electron chi connectivity index (χ2n) is 4.81. The van der Waals surface area contributed by atoms with E-state index in [-0.39, 0.29) is 17.9 Å². The number of nitrogens with two attached hydrogens (primary N) is 1. The summed E-state index contributed by atoms with van der Waals surface area (Å²) in [6, 6.07) is 0.264. The maximum atomic E-state index is 12.0. The molecule has 0 aromatic carbocycles. The SMILES string of the molecule is CCCC(C)NC(=O)C(CN)C(C)CCC. The van der Waals surface area contributed by atoms with E-state index in [1.165, 1.54) is 0 Å². The summed E-state index contributed by atoms with van der Waals surface area (Å²) in [4.78, 5) is 12.0. The van der Waals surface area contributed by atoms with Gasteiger partial charge in [0.1, 0.15) is 0 Å². The van der Waals surface area contributed by atoms with Crippen molar-refractivity contribution in [2.75, 3.05) is 6.54 Å². The largest absolute Gasteiger partial charge is 0.353 e. The highest BCUT2D eigenvalue weighted by Crippen LogP contribution is 2.16. The van der Waals surface area contributed by atoms with Crippen LogP contribution in [0.4, 0.5) is 0 Å². The lowest BCUT2D eigenvalue weighted by Gasteiger charge is -2.23. The molecule has 0 fully saturated rings. The third kappa shape index (κ3) is 5.50. The van der Waals surface area contributed by atoms with Gasteiger partial charge in [-0.05, 0) is 19.3 Å². The molecule has 16 heavy (non-hydrogen) atoms. The Morgan fingerprint density at radius 3 is 2.19 bits per heavy atom. The molecule has 0 saturated heterocycles. The van der Waals surface area contributed by atoms with Gasteiger partial charge in [-0.25, -0.2) is 0 Å². The highest BCUT2D eigenvalue weighted by Gasteiger charge is 2.23. The van der Waals surface area contributed by atoms with Gasteiger partial charge in [-0.15, -0.1) is 0 Å². The van der Waals surface area contributed by atoms with Crippen LogP contribution in [0.5, 0.6) is 0 Å². The molecule has 0 rings (SSSR count). The molecule has 96 valence electrons. The van der Waals surface area contributed by atoms with Crippen molar-refractivity contribution in [2.24, 2.45) is 17.6 Å². The third-order valence-electron chi connectivity index (χ3n) is 3.13. The highest BCUT2D eigenvalue weighted by molar-refractivity contribution is 5.79. The summed E-state index contributed by atoms with van der Waals surface area (Å²) in [7, 11) is 0. The molecule has 0 saturated carbocycles. The minimum absolute atomic E-state index is 0.0285. The Bertz CT molecular complexity index is 194. The zero-order valence-electron chi connectivity index (χ0n) is 11.3. The fraction of sp³-hybridized carbons (Fsp3) is 0.923. The minimum Gasteiger partial charge on any atom is -0.353 e. The van der Waals surface area contributed by atoms with Crippen LogP contribution in [0, 0.1) is 11.8 Å². The van der Waals surface area contributed by atoms with Crippen molar-refractivity contribution in [1.82, 2.24) is 5.32 Å². The molecule has 3 N–H and O–H groups in total. The quantitative estimate of drug-likeness (QED) is 0.670. The van der Waals surface area contributed by atoms with Gasteiger partial charge in [-0.1, -0.05) is 40.0 Å². The normalized spacial score (nSPS) is 16.6. The molecule has 0 aromatic rings. The Balaban J connectivity index is 4.19. The van der Waals surface area contributed by atoms with Crippen LogP contribution in [0.25, 0.3) is 0 Å². The van der Waals surface area contributed by atoms with Crippen LogP contribution < -0.4 is 11.1 Å². The molecule has 0 aliphatic rings. The van der Waals surface area contributed by atoms with E-state index in [0.717, 1.165) is 25.7 Å². The predicted molar refractivity (Wildman–Crippen MR) is 69.1 cm³/mol. The average Bonchev–Trinajstić information content (AvgIpc) is 2.19. The van der Waals surface area contributed by atoms with Crippen LogP contribution in [0.3, 0.4) is 0 Å². The van der Waals surface area contributed by atoms with Gasteiger partial charge in [0.15, 0.2) is 0 Å². The van der Waals surface area contributed by atoms with Crippen LogP contribution in [-0.4, -0.2) is 18.5 Å². The number of carbonyl (C=O) groups is 1. The molecule has 3 atom stereocenters. The van der Waals surface area contributed by atoms with Crippen molar-refractivity contribution in [1.29, 1.82) is 0 Å². The molecule has 0 aliphatic heterocycles. The monoisotopic (exact) mass is 228 g/mol. The zero-order valence-corrected chi connectivity index (χ0v) is 11.3. The number of hydrogen-bond acceptors (Lipinski definition) is 2. The van der Waals surface area contributed by atoms with E-state index in [4.69, 9.17) is 5.73 Å². The summed E-state index contributed by atoms with van der Waals surface area (Å²) in [6.45, 7) is 8.89. The van der Waals surface area contributed by atoms with E-state index in [1.54, 1.807) is 0 Å². The first-order chi connectivity index (χ1) is 7.56. The fourth-order valence-electron chi connectivity index (χ4n) is 2.11. The van der Waals surface area contributed by atoms with Crippen LogP contribution in [-0.2, 0) is 4.79 Å². The summed E-state index contributed by atoms with van der Waals surface area (Å²) in [5.74, 6) is 0.479. The topological polar surface area (TPSA) is 55.1 Å². The van der Waals surface area contributed by atoms with E-state index in [9.17, 15) is 4.79 Å². The number of rotatable bonds is 8. The first-order valence-electron chi connectivity index (χ1n) is 6.57. The lowest BCUT2D eigenvalue weighted by molar-refractivity contribution is -0.126. The smallest absolute Gasteiger partial charge is 0.224 e. The van der Waals surface area contributed by atoms with Crippen molar-refractivity contribution in [2.45, 2.75) is 59.4 Å². The maximum absolute atomic E-state index is 12.0. The van der Waals surface area contributed by atoms with Crippen LogP contribution in [0.1, 0.15) is 53.4 Å². The second kappa shape index (κ2) is 8.57. The molecule has 0 spiro atoms. The maximum Gasteiger partial charge on any atom is 0.224 e. The molecule has 3 unspecified atom stereocenters. The molecule has 1 amide bonds. The first kappa shape index (κ1) is 15.4. The summed E-state index contributed by atoms with van der Waals surface area (Å²) in [5, 5.41) is 3.05. The minimum atomic E-state index is -0.0285. The number of nitrogens with one attached hydrogen (secondary N) is 1. The Labute approximate surface area is 100 Å². The van der Waals surface area contributed by atoms with Gasteiger partial charge in [-0.3, -0.25) is 4.79 Å². The van der Waals surface area contributed by atoms with E-state index < -0.39 is 0 Å². The van der Waals surface area contributed by atoms with Crippen LogP contribution in [0.15, 0.2) is 0 Å². The van der Waals surface area contributed by atoms with Gasteiger partial charge in [0.2, 0.25) is 5.91 Å². The standard InChI is InChI=1S/C13H28N2O/c1-5-7-10(3)12(9-14)13(16)15-11(4)8-6-2/h10-12H,5-9,14H2,1-4H3,(H,15,16). The Kier molecular flexibility index (Phi) is 8.26. The third-order valence-corrected chi connectivity index (χ3v) is 3.13. The molecular weight excluding hydrogens is 200 g/mol. The van der Waals surface area contributed by atoms with Crippen molar-refractivity contribution >= 4 is 5.91 Å². The van der Waals surface area contributed by atoms with E-state index in [2.05, 4.69) is 33.0 Å². The Hall–Kier alpha value is -0.570. The molecule has 0 radical (unpaired) electrons. The van der Waals surface area contributed by atoms with E-state index >= 15 is 0 Å². The molecule has 0 bridgehead atoms. The molecule has 3 nitrogen and oxygen atoms in total. The van der Waals surface area contributed by atoms with Crippen molar-refractivity contribution < 1.29 is 4.79 Å².